The fourth-order valence-corrected chi connectivity index (χ4v) is 2.41. The smallest absolute Gasteiger partial charge is 0.0279 e. The molecule has 13 heavy (non-hydrogen) atoms. The van der Waals surface area contributed by atoms with Crippen LogP contribution in [0.15, 0.2) is 0 Å². The van der Waals surface area contributed by atoms with Crippen molar-refractivity contribution in [1.29, 1.82) is 0 Å². The highest BCUT2D eigenvalue weighted by Crippen LogP contribution is 2.43. The van der Waals surface area contributed by atoms with Crippen molar-refractivity contribution in [1.82, 2.24) is 0 Å². The second-order valence-electron chi connectivity index (χ2n) is 5.02. The molecule has 2 atom stereocenters. The summed E-state index contributed by atoms with van der Waals surface area (Å²) >= 11 is 0. The van der Waals surface area contributed by atoms with E-state index in [1.807, 2.05) is 0 Å². The lowest BCUT2D eigenvalue weighted by molar-refractivity contribution is 0.105. The van der Waals surface area contributed by atoms with E-state index in [9.17, 15) is 0 Å². The summed E-state index contributed by atoms with van der Waals surface area (Å²) < 4.78 is 0. The van der Waals surface area contributed by atoms with Gasteiger partial charge in [0.25, 0.3) is 0 Å². The lowest BCUT2D eigenvalue weighted by Crippen LogP contribution is -2.58. The summed E-state index contributed by atoms with van der Waals surface area (Å²) in [6.07, 6.45) is 5.92. The van der Waals surface area contributed by atoms with E-state index in [1.54, 1.807) is 0 Å². The Labute approximate surface area is 82.1 Å². The molecule has 0 radical (unpaired) electrons. The van der Waals surface area contributed by atoms with Crippen molar-refractivity contribution in [3.63, 3.8) is 0 Å². The second-order valence-corrected chi connectivity index (χ2v) is 5.02. The summed E-state index contributed by atoms with van der Waals surface area (Å²) in [6, 6.07) is 0.182. The summed E-state index contributed by atoms with van der Waals surface area (Å²) in [5, 5.41) is 0. The maximum absolute atomic E-state index is 6.13. The molecule has 78 valence electrons. The molecule has 2 heteroatoms. The molecule has 1 rings (SSSR count). The fraction of sp³-hybridized carbons (Fsp3) is 1.00. The summed E-state index contributed by atoms with van der Waals surface area (Å²) in [7, 11) is 0. The molecular formula is C11H24N2. The van der Waals surface area contributed by atoms with Gasteiger partial charge >= 0.3 is 0 Å². The molecule has 0 bridgehead atoms. The van der Waals surface area contributed by atoms with Gasteiger partial charge in [-0.1, -0.05) is 26.7 Å². The monoisotopic (exact) mass is 184 g/mol. The van der Waals surface area contributed by atoms with Crippen molar-refractivity contribution < 1.29 is 0 Å². The molecule has 1 aliphatic rings. The van der Waals surface area contributed by atoms with Crippen LogP contribution in [-0.4, -0.2) is 11.6 Å². The van der Waals surface area contributed by atoms with Crippen LogP contribution < -0.4 is 11.5 Å². The summed E-state index contributed by atoms with van der Waals surface area (Å²) in [4.78, 5) is 0. The zero-order valence-corrected chi connectivity index (χ0v) is 9.27. The SMILES string of the molecule is CCC1(CC)CCC(C)(N)C(N)C1. The van der Waals surface area contributed by atoms with Gasteiger partial charge in [0.2, 0.25) is 0 Å². The molecule has 1 aliphatic carbocycles. The van der Waals surface area contributed by atoms with Gasteiger partial charge in [-0.05, 0) is 31.6 Å². The Hall–Kier alpha value is -0.0800. The van der Waals surface area contributed by atoms with Crippen molar-refractivity contribution in [2.75, 3.05) is 0 Å². The Morgan fingerprint density at radius 1 is 1.23 bits per heavy atom. The van der Waals surface area contributed by atoms with Crippen molar-refractivity contribution in [2.45, 2.75) is 64.5 Å². The summed E-state index contributed by atoms with van der Waals surface area (Å²) in [5.74, 6) is 0. The molecule has 2 unspecified atom stereocenters. The molecule has 0 heterocycles. The van der Waals surface area contributed by atoms with Gasteiger partial charge < -0.3 is 11.5 Å². The number of hydrogen-bond donors (Lipinski definition) is 2. The van der Waals surface area contributed by atoms with E-state index < -0.39 is 0 Å². The molecule has 0 aliphatic heterocycles. The normalized spacial score (nSPS) is 39.0. The summed E-state index contributed by atoms with van der Waals surface area (Å²) in [6.45, 7) is 6.64. The van der Waals surface area contributed by atoms with Crippen LogP contribution in [0.1, 0.15) is 52.9 Å². The highest BCUT2D eigenvalue weighted by atomic mass is 14.9. The molecule has 0 aromatic carbocycles. The van der Waals surface area contributed by atoms with Gasteiger partial charge in [0, 0.05) is 11.6 Å². The molecule has 0 aromatic heterocycles. The predicted octanol–water partition coefficient (Wildman–Crippen LogP) is 2.02. The quantitative estimate of drug-likeness (QED) is 0.690. The van der Waals surface area contributed by atoms with Crippen LogP contribution in [-0.2, 0) is 0 Å². The maximum Gasteiger partial charge on any atom is 0.0279 e. The zero-order valence-electron chi connectivity index (χ0n) is 9.27. The Morgan fingerprint density at radius 3 is 2.15 bits per heavy atom. The van der Waals surface area contributed by atoms with Gasteiger partial charge in [-0.2, -0.15) is 0 Å². The molecule has 0 saturated heterocycles. The van der Waals surface area contributed by atoms with Crippen LogP contribution in [0, 0.1) is 5.41 Å². The first-order valence-corrected chi connectivity index (χ1v) is 5.50. The Bertz CT molecular complexity index is 171. The molecule has 0 amide bonds. The molecule has 0 aromatic rings. The Morgan fingerprint density at radius 2 is 1.77 bits per heavy atom. The van der Waals surface area contributed by atoms with Crippen LogP contribution in [0.3, 0.4) is 0 Å². The van der Waals surface area contributed by atoms with Crippen molar-refractivity contribution >= 4 is 0 Å². The van der Waals surface area contributed by atoms with Gasteiger partial charge in [0.05, 0.1) is 0 Å². The Kier molecular flexibility index (Phi) is 3.03. The standard InChI is InChI=1S/C11H24N2/c1-4-11(5-2)7-6-10(3,13)9(12)8-11/h9H,4-8,12-13H2,1-3H3. The topological polar surface area (TPSA) is 52.0 Å². The van der Waals surface area contributed by atoms with Crippen LogP contribution in [0.5, 0.6) is 0 Å². The third-order valence-electron chi connectivity index (χ3n) is 4.19. The molecule has 2 nitrogen and oxygen atoms in total. The molecule has 1 saturated carbocycles. The predicted molar refractivity (Wildman–Crippen MR) is 57.4 cm³/mol. The van der Waals surface area contributed by atoms with Gasteiger partial charge in [-0.15, -0.1) is 0 Å². The minimum absolute atomic E-state index is 0.131. The van der Waals surface area contributed by atoms with E-state index in [0.717, 1.165) is 12.8 Å². The average molecular weight is 184 g/mol. The first-order valence-electron chi connectivity index (χ1n) is 5.50. The maximum atomic E-state index is 6.13. The fourth-order valence-electron chi connectivity index (χ4n) is 2.41. The van der Waals surface area contributed by atoms with Gasteiger partial charge in [0.15, 0.2) is 0 Å². The van der Waals surface area contributed by atoms with E-state index in [0.29, 0.717) is 5.41 Å². The third-order valence-corrected chi connectivity index (χ3v) is 4.19. The Balaban J connectivity index is 2.68. The first-order chi connectivity index (χ1) is 5.96. The number of nitrogens with two attached hydrogens (primary N) is 2. The minimum atomic E-state index is -0.131. The van der Waals surface area contributed by atoms with Crippen LogP contribution in [0.4, 0.5) is 0 Å². The highest BCUT2D eigenvalue weighted by molar-refractivity contribution is 5.00. The lowest BCUT2D eigenvalue weighted by Gasteiger charge is -2.46. The highest BCUT2D eigenvalue weighted by Gasteiger charge is 2.41. The van der Waals surface area contributed by atoms with E-state index in [1.165, 1.54) is 19.3 Å². The van der Waals surface area contributed by atoms with Crippen molar-refractivity contribution in [3.8, 4) is 0 Å². The van der Waals surface area contributed by atoms with Crippen molar-refractivity contribution in [3.05, 3.63) is 0 Å². The zero-order chi connectivity index (χ0) is 10.1. The van der Waals surface area contributed by atoms with Crippen molar-refractivity contribution in [2.24, 2.45) is 16.9 Å². The molecule has 4 N–H and O–H groups in total. The van der Waals surface area contributed by atoms with Gasteiger partial charge in [0.1, 0.15) is 0 Å². The summed E-state index contributed by atoms with van der Waals surface area (Å²) in [5.41, 5.74) is 12.6. The molecule has 0 spiro atoms. The van der Waals surface area contributed by atoms with Gasteiger partial charge in [-0.3, -0.25) is 0 Å². The lowest BCUT2D eigenvalue weighted by atomic mass is 9.63. The van der Waals surface area contributed by atoms with E-state index in [-0.39, 0.29) is 11.6 Å². The van der Waals surface area contributed by atoms with E-state index in [4.69, 9.17) is 11.5 Å². The first kappa shape index (κ1) is 11.0. The molecular weight excluding hydrogens is 160 g/mol. The number of rotatable bonds is 2. The van der Waals surface area contributed by atoms with Gasteiger partial charge in [-0.25, -0.2) is 0 Å². The van der Waals surface area contributed by atoms with Crippen LogP contribution in [0.25, 0.3) is 0 Å². The largest absolute Gasteiger partial charge is 0.326 e. The average Bonchev–Trinajstić information content (AvgIpc) is 2.11. The van der Waals surface area contributed by atoms with E-state index >= 15 is 0 Å². The minimum Gasteiger partial charge on any atom is -0.326 e. The third kappa shape index (κ3) is 2.05. The number of hydrogen-bond acceptors (Lipinski definition) is 2. The van der Waals surface area contributed by atoms with Crippen LogP contribution in [0.2, 0.25) is 0 Å². The van der Waals surface area contributed by atoms with Crippen LogP contribution >= 0.6 is 0 Å². The molecule has 1 fully saturated rings. The second kappa shape index (κ2) is 3.58. The van der Waals surface area contributed by atoms with E-state index in [2.05, 4.69) is 20.8 Å².